The topological polar surface area (TPSA) is 56.1 Å². The second-order valence-corrected chi connectivity index (χ2v) is 10.0. The molecule has 1 aliphatic carbocycles. The van der Waals surface area contributed by atoms with Gasteiger partial charge in [-0.25, -0.2) is 8.42 Å². The average molecular weight is 402 g/mol. The lowest BCUT2D eigenvalue weighted by atomic mass is 9.99. The second-order valence-electron chi connectivity index (χ2n) is 7.81. The van der Waals surface area contributed by atoms with Crippen LogP contribution >= 0.6 is 0 Å². The third-order valence-corrected chi connectivity index (χ3v) is 8.37. The van der Waals surface area contributed by atoms with E-state index in [0.29, 0.717) is 4.90 Å². The largest absolute Gasteiger partial charge is 0.341 e. The van der Waals surface area contributed by atoms with Gasteiger partial charge in [0.15, 0.2) is 15.6 Å². The molecule has 0 bridgehead atoms. The molecule has 0 radical (unpaired) electrons. The molecule has 1 aromatic heterocycles. The number of rotatable bonds is 6. The Balaban J connectivity index is 2.04. The van der Waals surface area contributed by atoms with Crippen molar-refractivity contribution in [3.05, 3.63) is 41.1 Å². The Hall–Kier alpha value is -1.88. The van der Waals surface area contributed by atoms with Gasteiger partial charge in [-0.05, 0) is 54.5 Å². The fourth-order valence-electron chi connectivity index (χ4n) is 4.75. The lowest BCUT2D eigenvalue weighted by Crippen LogP contribution is -2.24. The number of benzene rings is 1. The lowest BCUT2D eigenvalue weighted by Gasteiger charge is -2.22. The monoisotopic (exact) mass is 401 g/mol. The highest BCUT2D eigenvalue weighted by Crippen LogP contribution is 2.34. The summed E-state index contributed by atoms with van der Waals surface area (Å²) in [7, 11) is -1.34. The molecule has 1 saturated carbocycles. The van der Waals surface area contributed by atoms with Crippen LogP contribution in [0.1, 0.15) is 74.5 Å². The quantitative estimate of drug-likeness (QED) is 0.631. The number of carbonyl (C=O) groups is 1. The Morgan fingerprint density at radius 1 is 1.00 bits per heavy atom. The van der Waals surface area contributed by atoms with Crippen molar-refractivity contribution in [2.75, 3.05) is 0 Å². The molecule has 0 unspecified atom stereocenters. The maximum Gasteiger partial charge on any atom is 0.181 e. The van der Waals surface area contributed by atoms with Crippen LogP contribution in [0.4, 0.5) is 0 Å². The van der Waals surface area contributed by atoms with Crippen LogP contribution in [-0.4, -0.2) is 24.0 Å². The number of Topliss-reactive ketones (excluding diaryl/α,β-unsaturated/α-hetero) is 1. The number of sulfone groups is 1. The van der Waals surface area contributed by atoms with Crippen LogP contribution in [0.25, 0.3) is 11.3 Å². The maximum atomic E-state index is 13.0. The first-order valence-electron chi connectivity index (χ1n) is 10.4. The van der Waals surface area contributed by atoms with Crippen LogP contribution in [0.3, 0.4) is 0 Å². The minimum absolute atomic E-state index is 0.0665. The van der Waals surface area contributed by atoms with Crippen molar-refractivity contribution in [2.45, 2.75) is 75.9 Å². The van der Waals surface area contributed by atoms with Gasteiger partial charge in [-0.15, -0.1) is 0 Å². The summed E-state index contributed by atoms with van der Waals surface area (Å²) < 4.78 is 27.9. The molecule has 28 heavy (non-hydrogen) atoms. The number of carbonyl (C=O) groups excluding carboxylic acids is 1. The molecular weight excluding hydrogens is 370 g/mol. The van der Waals surface area contributed by atoms with Crippen LogP contribution in [-0.2, 0) is 29.7 Å². The molecule has 0 spiro atoms. The fourth-order valence-corrected chi connectivity index (χ4v) is 6.61. The summed E-state index contributed by atoms with van der Waals surface area (Å²) in [5, 5.41) is -0.246. The SMILES string of the molecule is CCc1c(CC)c(-c2ccc(S(=O)(=O)C3CCCCC3)cc2)n(C)c1C(C)=O. The van der Waals surface area contributed by atoms with E-state index in [1.165, 1.54) is 5.56 Å². The molecule has 0 N–H and O–H groups in total. The van der Waals surface area contributed by atoms with E-state index in [1.54, 1.807) is 19.1 Å². The van der Waals surface area contributed by atoms with E-state index in [9.17, 15) is 13.2 Å². The summed E-state index contributed by atoms with van der Waals surface area (Å²) in [4.78, 5) is 12.6. The summed E-state index contributed by atoms with van der Waals surface area (Å²) in [6.07, 6.45) is 6.31. The van der Waals surface area contributed by atoms with Gasteiger partial charge in [0.2, 0.25) is 0 Å². The van der Waals surface area contributed by atoms with Gasteiger partial charge < -0.3 is 4.57 Å². The predicted molar refractivity (Wildman–Crippen MR) is 114 cm³/mol. The minimum atomic E-state index is -3.27. The van der Waals surface area contributed by atoms with E-state index < -0.39 is 9.84 Å². The van der Waals surface area contributed by atoms with Crippen LogP contribution in [0.5, 0.6) is 0 Å². The summed E-state index contributed by atoms with van der Waals surface area (Å²) in [6.45, 7) is 5.78. The maximum absolute atomic E-state index is 13.0. The number of hydrogen-bond acceptors (Lipinski definition) is 3. The van der Waals surface area contributed by atoms with Gasteiger partial charge >= 0.3 is 0 Å². The van der Waals surface area contributed by atoms with Gasteiger partial charge in [-0.1, -0.05) is 45.2 Å². The normalized spacial score (nSPS) is 15.7. The first-order chi connectivity index (χ1) is 13.3. The molecule has 2 aromatic rings. The fraction of sp³-hybridized carbons (Fsp3) is 0.522. The summed E-state index contributed by atoms with van der Waals surface area (Å²) >= 11 is 0. The van der Waals surface area contributed by atoms with Gasteiger partial charge in [-0.3, -0.25) is 4.79 Å². The Bertz CT molecular complexity index is 962. The standard InChI is InChI=1S/C23H31NO3S/c1-5-20-21(6-2)23(24(4)22(20)16(3)25)17-12-14-19(15-13-17)28(26,27)18-10-8-7-9-11-18/h12-15,18H,5-11H2,1-4H3. The first-order valence-corrected chi connectivity index (χ1v) is 11.9. The molecule has 1 aliphatic rings. The molecule has 1 aromatic carbocycles. The Labute approximate surface area is 168 Å². The van der Waals surface area contributed by atoms with Crippen LogP contribution in [0, 0.1) is 0 Å². The molecular formula is C23H31NO3S. The third kappa shape index (κ3) is 3.57. The van der Waals surface area contributed by atoms with E-state index in [0.717, 1.165) is 67.5 Å². The highest BCUT2D eigenvalue weighted by Gasteiger charge is 2.29. The Morgan fingerprint density at radius 3 is 2.07 bits per heavy atom. The molecule has 1 fully saturated rings. The minimum Gasteiger partial charge on any atom is -0.341 e. The molecule has 3 rings (SSSR count). The van der Waals surface area contributed by atoms with E-state index in [4.69, 9.17) is 0 Å². The summed E-state index contributed by atoms with van der Waals surface area (Å²) in [5.41, 5.74) is 5.02. The van der Waals surface area contributed by atoms with E-state index in [1.807, 2.05) is 23.7 Å². The number of aromatic nitrogens is 1. The number of nitrogens with zero attached hydrogens (tertiary/aromatic N) is 1. The van der Waals surface area contributed by atoms with Gasteiger partial charge in [0.1, 0.15) is 0 Å². The van der Waals surface area contributed by atoms with Crippen LogP contribution in [0.2, 0.25) is 0 Å². The zero-order chi connectivity index (χ0) is 20.5. The number of ketones is 1. The molecule has 0 saturated heterocycles. The van der Waals surface area contributed by atoms with Crippen molar-refractivity contribution < 1.29 is 13.2 Å². The second kappa shape index (κ2) is 8.24. The van der Waals surface area contributed by atoms with Crippen LogP contribution in [0.15, 0.2) is 29.2 Å². The van der Waals surface area contributed by atoms with Gasteiger partial charge in [0, 0.05) is 14.0 Å². The molecule has 152 valence electrons. The van der Waals surface area contributed by atoms with Crippen molar-refractivity contribution in [3.63, 3.8) is 0 Å². The summed E-state index contributed by atoms with van der Waals surface area (Å²) in [5.74, 6) is 0.0665. The molecule has 0 aliphatic heterocycles. The molecule has 5 heteroatoms. The molecule has 0 amide bonds. The van der Waals surface area contributed by atoms with Crippen LogP contribution < -0.4 is 0 Å². The zero-order valence-electron chi connectivity index (χ0n) is 17.4. The summed E-state index contributed by atoms with van der Waals surface area (Å²) in [6, 6.07) is 7.27. The van der Waals surface area contributed by atoms with Gasteiger partial charge in [0.05, 0.1) is 21.5 Å². The van der Waals surface area contributed by atoms with Gasteiger partial charge in [0.25, 0.3) is 0 Å². The van der Waals surface area contributed by atoms with E-state index >= 15 is 0 Å². The Morgan fingerprint density at radius 2 is 1.57 bits per heavy atom. The van der Waals surface area contributed by atoms with Crippen molar-refractivity contribution in [1.82, 2.24) is 4.57 Å². The lowest BCUT2D eigenvalue weighted by molar-refractivity contribution is 0.100. The van der Waals surface area contributed by atoms with Crippen molar-refractivity contribution >= 4 is 15.6 Å². The third-order valence-electron chi connectivity index (χ3n) is 6.09. The number of hydrogen-bond donors (Lipinski definition) is 0. The molecule has 1 heterocycles. The highest BCUT2D eigenvalue weighted by molar-refractivity contribution is 7.92. The molecule has 4 nitrogen and oxygen atoms in total. The predicted octanol–water partition coefficient (Wildman–Crippen LogP) is 5.13. The van der Waals surface area contributed by atoms with E-state index in [2.05, 4.69) is 13.8 Å². The van der Waals surface area contributed by atoms with Gasteiger partial charge in [-0.2, -0.15) is 0 Å². The smallest absolute Gasteiger partial charge is 0.181 e. The molecule has 0 atom stereocenters. The Kier molecular flexibility index (Phi) is 6.13. The average Bonchev–Trinajstić information content (AvgIpc) is 3.00. The highest BCUT2D eigenvalue weighted by atomic mass is 32.2. The van der Waals surface area contributed by atoms with Crippen molar-refractivity contribution in [2.24, 2.45) is 7.05 Å². The van der Waals surface area contributed by atoms with Crippen molar-refractivity contribution in [1.29, 1.82) is 0 Å². The first kappa shape index (κ1) is 20.8. The van der Waals surface area contributed by atoms with E-state index in [-0.39, 0.29) is 11.0 Å². The van der Waals surface area contributed by atoms with Crippen molar-refractivity contribution in [3.8, 4) is 11.3 Å². The zero-order valence-corrected chi connectivity index (χ0v) is 18.2.